The molecule has 0 aliphatic carbocycles. The average molecular weight is 336 g/mol. The van der Waals surface area contributed by atoms with E-state index in [9.17, 15) is 0 Å². The topological polar surface area (TPSA) is 51.8 Å². The van der Waals surface area contributed by atoms with Gasteiger partial charge in [-0.1, -0.05) is 17.7 Å². The van der Waals surface area contributed by atoms with Gasteiger partial charge in [0.25, 0.3) is 0 Å². The van der Waals surface area contributed by atoms with E-state index in [2.05, 4.69) is 51.3 Å². The van der Waals surface area contributed by atoms with Crippen LogP contribution in [0.25, 0.3) is 11.3 Å². The van der Waals surface area contributed by atoms with Crippen LogP contribution in [-0.4, -0.2) is 42.0 Å². The molecule has 3 heterocycles. The van der Waals surface area contributed by atoms with Crippen LogP contribution in [0.5, 0.6) is 0 Å². The summed E-state index contributed by atoms with van der Waals surface area (Å²) in [4.78, 5) is 6.64. The van der Waals surface area contributed by atoms with Crippen molar-refractivity contribution < 1.29 is 0 Å². The summed E-state index contributed by atoms with van der Waals surface area (Å²) >= 11 is 0. The van der Waals surface area contributed by atoms with Crippen LogP contribution in [0, 0.1) is 6.92 Å². The van der Waals surface area contributed by atoms with Crippen LogP contribution in [0.15, 0.2) is 43.1 Å². The van der Waals surface area contributed by atoms with Gasteiger partial charge in [-0.3, -0.25) is 14.3 Å². The van der Waals surface area contributed by atoms with Crippen molar-refractivity contribution in [2.24, 2.45) is 7.05 Å². The normalized spacial score (nSPS) is 18.1. The van der Waals surface area contributed by atoms with Crippen LogP contribution in [-0.2, 0) is 20.1 Å². The number of likely N-dealkylation sites (tertiary alicyclic amines) is 1. The van der Waals surface area contributed by atoms with Crippen LogP contribution in [0.1, 0.15) is 24.0 Å². The fourth-order valence-corrected chi connectivity index (χ4v) is 3.78. The molecule has 1 aliphatic rings. The van der Waals surface area contributed by atoms with Crippen molar-refractivity contribution >= 4 is 0 Å². The Hall–Kier alpha value is -2.47. The van der Waals surface area contributed by atoms with Crippen LogP contribution in [0.4, 0.5) is 0 Å². The highest BCUT2D eigenvalue weighted by Crippen LogP contribution is 2.28. The van der Waals surface area contributed by atoms with Crippen molar-refractivity contribution in [1.29, 1.82) is 0 Å². The van der Waals surface area contributed by atoms with Gasteiger partial charge in [-0.15, -0.1) is 0 Å². The number of nitrogens with zero attached hydrogens (tertiary/aromatic N) is 6. The van der Waals surface area contributed by atoms with Gasteiger partial charge in [-0.2, -0.15) is 10.2 Å². The van der Waals surface area contributed by atoms with E-state index in [4.69, 9.17) is 0 Å². The maximum absolute atomic E-state index is 4.34. The van der Waals surface area contributed by atoms with Crippen LogP contribution in [0.3, 0.4) is 0 Å². The zero-order valence-electron chi connectivity index (χ0n) is 14.8. The highest BCUT2D eigenvalue weighted by atomic mass is 15.3. The monoisotopic (exact) mass is 336 g/mol. The molecule has 25 heavy (non-hydrogen) atoms. The fraction of sp³-hybridized carbons (Fsp3) is 0.421. The number of rotatable bonds is 5. The SMILES string of the molecule is Cc1ccc(CN2CCCC2Cn2cncn2)c(-c2ccnn2C)c1. The van der Waals surface area contributed by atoms with Gasteiger partial charge in [-0.25, -0.2) is 4.98 Å². The Labute approximate surface area is 148 Å². The lowest BCUT2D eigenvalue weighted by Gasteiger charge is -2.25. The number of aromatic nitrogens is 5. The first-order valence-corrected chi connectivity index (χ1v) is 8.85. The molecule has 0 radical (unpaired) electrons. The van der Waals surface area contributed by atoms with E-state index in [0.29, 0.717) is 6.04 Å². The number of hydrogen-bond acceptors (Lipinski definition) is 4. The van der Waals surface area contributed by atoms with Crippen molar-refractivity contribution in [2.75, 3.05) is 6.54 Å². The molecule has 0 saturated carbocycles. The third-order valence-electron chi connectivity index (χ3n) is 5.10. The van der Waals surface area contributed by atoms with Crippen molar-refractivity contribution in [1.82, 2.24) is 29.4 Å². The molecule has 6 nitrogen and oxygen atoms in total. The first-order chi connectivity index (χ1) is 12.2. The van der Waals surface area contributed by atoms with Crippen LogP contribution >= 0.6 is 0 Å². The first kappa shape index (κ1) is 16.0. The Morgan fingerprint density at radius 3 is 2.88 bits per heavy atom. The molecule has 0 amide bonds. The molecular formula is C19H24N6. The van der Waals surface area contributed by atoms with E-state index >= 15 is 0 Å². The molecular weight excluding hydrogens is 312 g/mol. The average Bonchev–Trinajstić information content (AvgIpc) is 3.33. The van der Waals surface area contributed by atoms with E-state index in [0.717, 1.165) is 19.6 Å². The summed E-state index contributed by atoms with van der Waals surface area (Å²) in [5, 5.41) is 8.61. The van der Waals surface area contributed by atoms with Gasteiger partial charge in [0.1, 0.15) is 12.7 Å². The minimum atomic E-state index is 0.516. The molecule has 6 heteroatoms. The summed E-state index contributed by atoms with van der Waals surface area (Å²) in [6.07, 6.45) is 7.74. The molecule has 1 fully saturated rings. The van der Waals surface area contributed by atoms with Gasteiger partial charge in [0.15, 0.2) is 0 Å². The zero-order chi connectivity index (χ0) is 17.2. The molecule has 0 bridgehead atoms. The largest absolute Gasteiger partial charge is 0.294 e. The zero-order valence-corrected chi connectivity index (χ0v) is 14.8. The maximum Gasteiger partial charge on any atom is 0.137 e. The van der Waals surface area contributed by atoms with E-state index in [1.165, 1.54) is 35.2 Å². The van der Waals surface area contributed by atoms with Crippen LogP contribution in [0.2, 0.25) is 0 Å². The molecule has 1 aliphatic heterocycles. The quantitative estimate of drug-likeness (QED) is 0.719. The lowest BCUT2D eigenvalue weighted by Crippen LogP contribution is -2.32. The summed E-state index contributed by atoms with van der Waals surface area (Å²) in [6.45, 7) is 5.15. The van der Waals surface area contributed by atoms with Gasteiger partial charge in [0.05, 0.1) is 12.2 Å². The Balaban J connectivity index is 1.59. The van der Waals surface area contributed by atoms with Crippen molar-refractivity contribution in [2.45, 2.75) is 38.9 Å². The van der Waals surface area contributed by atoms with E-state index in [1.54, 1.807) is 6.33 Å². The molecule has 0 spiro atoms. The lowest BCUT2D eigenvalue weighted by molar-refractivity contribution is 0.219. The second-order valence-corrected chi connectivity index (χ2v) is 6.88. The predicted octanol–water partition coefficient (Wildman–Crippen LogP) is 2.65. The number of aryl methyl sites for hydroxylation is 2. The summed E-state index contributed by atoms with van der Waals surface area (Å²) in [5.74, 6) is 0. The van der Waals surface area contributed by atoms with Gasteiger partial charge >= 0.3 is 0 Å². The highest BCUT2D eigenvalue weighted by Gasteiger charge is 2.26. The van der Waals surface area contributed by atoms with Crippen molar-refractivity contribution in [3.8, 4) is 11.3 Å². The number of hydrogen-bond donors (Lipinski definition) is 0. The predicted molar refractivity (Wildman–Crippen MR) is 96.8 cm³/mol. The third-order valence-corrected chi connectivity index (χ3v) is 5.10. The van der Waals surface area contributed by atoms with Gasteiger partial charge in [0, 0.05) is 31.4 Å². The standard InChI is InChI=1S/C19H24N6/c1-15-5-6-16(18(10-15)19-7-8-21-23(19)2)11-24-9-3-4-17(24)12-25-14-20-13-22-25/h5-8,10,13-14,17H,3-4,9,11-12H2,1-2H3. The molecule has 1 unspecified atom stereocenters. The van der Waals surface area contributed by atoms with Crippen molar-refractivity contribution in [3.63, 3.8) is 0 Å². The molecule has 2 aromatic heterocycles. The van der Waals surface area contributed by atoms with Crippen LogP contribution < -0.4 is 0 Å². The Kier molecular flexibility index (Phi) is 4.36. The lowest BCUT2D eigenvalue weighted by atomic mass is 10.0. The molecule has 1 saturated heterocycles. The second kappa shape index (κ2) is 6.80. The Bertz CT molecular complexity index is 835. The minimum absolute atomic E-state index is 0.516. The molecule has 4 rings (SSSR count). The van der Waals surface area contributed by atoms with E-state index in [1.807, 2.05) is 28.9 Å². The molecule has 0 N–H and O–H groups in total. The second-order valence-electron chi connectivity index (χ2n) is 6.88. The number of benzene rings is 1. The summed E-state index contributed by atoms with van der Waals surface area (Å²) in [7, 11) is 2.00. The smallest absolute Gasteiger partial charge is 0.137 e. The van der Waals surface area contributed by atoms with Gasteiger partial charge < -0.3 is 0 Å². The van der Waals surface area contributed by atoms with E-state index in [-0.39, 0.29) is 0 Å². The fourth-order valence-electron chi connectivity index (χ4n) is 3.78. The summed E-state index contributed by atoms with van der Waals surface area (Å²) < 4.78 is 3.90. The summed E-state index contributed by atoms with van der Waals surface area (Å²) in [6, 6.07) is 9.35. The maximum atomic E-state index is 4.34. The highest BCUT2D eigenvalue weighted by molar-refractivity contribution is 5.64. The van der Waals surface area contributed by atoms with Gasteiger partial charge in [0.2, 0.25) is 0 Å². The third kappa shape index (κ3) is 3.35. The Morgan fingerprint density at radius 2 is 2.12 bits per heavy atom. The molecule has 1 aromatic carbocycles. The van der Waals surface area contributed by atoms with Crippen molar-refractivity contribution in [3.05, 3.63) is 54.2 Å². The minimum Gasteiger partial charge on any atom is -0.294 e. The van der Waals surface area contributed by atoms with Gasteiger partial charge in [-0.05, 0) is 44.0 Å². The molecule has 130 valence electrons. The summed E-state index contributed by atoms with van der Waals surface area (Å²) in [5.41, 5.74) is 5.09. The molecule has 3 aromatic rings. The Morgan fingerprint density at radius 1 is 1.20 bits per heavy atom. The van der Waals surface area contributed by atoms with E-state index < -0.39 is 0 Å². The molecule has 1 atom stereocenters. The first-order valence-electron chi connectivity index (χ1n) is 8.85.